The molecule has 0 aliphatic carbocycles. The molecule has 0 aliphatic rings. The summed E-state index contributed by atoms with van der Waals surface area (Å²) in [5, 5.41) is 12.9. The number of hydrogen-bond acceptors (Lipinski definition) is 4. The van der Waals surface area contributed by atoms with E-state index >= 15 is 0 Å². The second-order valence-corrected chi connectivity index (χ2v) is 6.13. The fraction of sp³-hybridized carbons (Fsp3) is 0.200. The summed E-state index contributed by atoms with van der Waals surface area (Å²) in [5.41, 5.74) is 3.66. The average Bonchev–Trinajstić information content (AvgIpc) is 2.59. The molecule has 0 fully saturated rings. The van der Waals surface area contributed by atoms with Gasteiger partial charge in [0.05, 0.1) is 5.92 Å². The number of nitrogens with one attached hydrogen (secondary N) is 1. The monoisotopic (exact) mass is 337 g/mol. The molecule has 0 saturated carbocycles. The average molecular weight is 337 g/mol. The molecule has 1 aromatic heterocycles. The van der Waals surface area contributed by atoms with Gasteiger partial charge in [-0.1, -0.05) is 31.2 Å². The zero-order valence-corrected chi connectivity index (χ0v) is 14.1. The van der Waals surface area contributed by atoms with Crippen LogP contribution in [0.3, 0.4) is 0 Å². The molecule has 5 heteroatoms. The number of aliphatic carboxylic acids is 1. The normalized spacial score (nSPS) is 12.1. The van der Waals surface area contributed by atoms with Gasteiger partial charge in [-0.05, 0) is 30.2 Å². The SMILES string of the molecule is Cc1ccccc1-c1cc(=O)oc2cc(NCC(C)C(=O)O)ccc12. The highest BCUT2D eigenvalue weighted by Crippen LogP contribution is 2.30. The van der Waals surface area contributed by atoms with Crippen molar-refractivity contribution in [3.05, 3.63) is 64.5 Å². The molecular weight excluding hydrogens is 318 g/mol. The Hall–Kier alpha value is -3.08. The molecule has 5 nitrogen and oxygen atoms in total. The standard InChI is InChI=1S/C20H19NO4/c1-12-5-3-4-6-15(12)17-10-19(22)25-18-9-14(7-8-16(17)18)21-11-13(2)20(23)24/h3-10,13,21H,11H2,1-2H3,(H,23,24). The summed E-state index contributed by atoms with van der Waals surface area (Å²) >= 11 is 0. The number of carboxylic acid groups (broad SMARTS) is 1. The molecule has 25 heavy (non-hydrogen) atoms. The first-order valence-electron chi connectivity index (χ1n) is 8.06. The van der Waals surface area contributed by atoms with Gasteiger partial charge < -0.3 is 14.8 Å². The number of anilines is 1. The number of fused-ring (bicyclic) bond motifs is 1. The topological polar surface area (TPSA) is 79.5 Å². The van der Waals surface area contributed by atoms with Crippen LogP contribution in [0.1, 0.15) is 12.5 Å². The lowest BCUT2D eigenvalue weighted by Crippen LogP contribution is -2.19. The summed E-state index contributed by atoms with van der Waals surface area (Å²) in [5.74, 6) is -1.37. The molecule has 0 bridgehead atoms. The molecule has 1 heterocycles. The van der Waals surface area contributed by atoms with Crippen molar-refractivity contribution < 1.29 is 14.3 Å². The van der Waals surface area contributed by atoms with Crippen molar-refractivity contribution in [1.82, 2.24) is 0 Å². The largest absolute Gasteiger partial charge is 0.481 e. The van der Waals surface area contributed by atoms with Crippen LogP contribution in [-0.2, 0) is 4.79 Å². The first kappa shape index (κ1) is 16.8. The number of carbonyl (C=O) groups is 1. The molecule has 0 radical (unpaired) electrons. The summed E-state index contributed by atoms with van der Waals surface area (Å²) in [6.45, 7) is 3.92. The van der Waals surface area contributed by atoms with Crippen LogP contribution < -0.4 is 10.9 Å². The first-order valence-corrected chi connectivity index (χ1v) is 8.06. The molecule has 128 valence electrons. The van der Waals surface area contributed by atoms with Crippen LogP contribution in [0.2, 0.25) is 0 Å². The highest BCUT2D eigenvalue weighted by atomic mass is 16.4. The fourth-order valence-corrected chi connectivity index (χ4v) is 2.73. The number of carboxylic acids is 1. The van der Waals surface area contributed by atoms with Gasteiger partial charge >= 0.3 is 11.6 Å². The Morgan fingerprint density at radius 2 is 1.92 bits per heavy atom. The lowest BCUT2D eigenvalue weighted by Gasteiger charge is -2.12. The van der Waals surface area contributed by atoms with Gasteiger partial charge in [-0.3, -0.25) is 4.79 Å². The van der Waals surface area contributed by atoms with Crippen molar-refractivity contribution in [2.45, 2.75) is 13.8 Å². The number of aryl methyl sites for hydroxylation is 1. The Labute approximate surface area is 144 Å². The summed E-state index contributed by atoms with van der Waals surface area (Å²) < 4.78 is 5.35. The lowest BCUT2D eigenvalue weighted by atomic mass is 9.98. The van der Waals surface area contributed by atoms with E-state index in [1.807, 2.05) is 43.3 Å². The predicted molar refractivity (Wildman–Crippen MR) is 97.9 cm³/mol. The van der Waals surface area contributed by atoms with E-state index in [1.54, 1.807) is 13.0 Å². The predicted octanol–water partition coefficient (Wildman–Crippen LogP) is 3.90. The third-order valence-electron chi connectivity index (χ3n) is 4.21. The highest BCUT2D eigenvalue weighted by molar-refractivity contribution is 5.95. The molecule has 0 saturated heterocycles. The van der Waals surface area contributed by atoms with Gasteiger partial charge in [-0.25, -0.2) is 4.79 Å². The zero-order chi connectivity index (χ0) is 18.0. The molecule has 3 rings (SSSR count). The van der Waals surface area contributed by atoms with Crippen LogP contribution in [0.15, 0.2) is 57.7 Å². The summed E-state index contributed by atoms with van der Waals surface area (Å²) in [7, 11) is 0. The molecule has 3 aromatic rings. The van der Waals surface area contributed by atoms with E-state index in [2.05, 4.69) is 5.32 Å². The molecule has 0 amide bonds. The summed E-state index contributed by atoms with van der Waals surface area (Å²) in [6, 6.07) is 14.8. The smallest absolute Gasteiger partial charge is 0.336 e. The maximum absolute atomic E-state index is 12.0. The number of hydrogen-bond donors (Lipinski definition) is 2. The Balaban J connectivity index is 2.03. The van der Waals surface area contributed by atoms with Crippen LogP contribution in [0.25, 0.3) is 22.1 Å². The number of benzene rings is 2. The van der Waals surface area contributed by atoms with Gasteiger partial charge in [0.15, 0.2) is 0 Å². The highest BCUT2D eigenvalue weighted by Gasteiger charge is 2.12. The van der Waals surface area contributed by atoms with Crippen LogP contribution in [-0.4, -0.2) is 17.6 Å². The third-order valence-corrected chi connectivity index (χ3v) is 4.21. The summed E-state index contributed by atoms with van der Waals surface area (Å²) in [6.07, 6.45) is 0. The van der Waals surface area contributed by atoms with E-state index in [1.165, 1.54) is 6.07 Å². The van der Waals surface area contributed by atoms with Gasteiger partial charge in [0, 0.05) is 35.3 Å². The summed E-state index contributed by atoms with van der Waals surface area (Å²) in [4.78, 5) is 22.9. The molecule has 0 aliphatic heterocycles. The maximum atomic E-state index is 12.0. The minimum atomic E-state index is -0.860. The molecular formula is C20H19NO4. The van der Waals surface area contributed by atoms with Crippen molar-refractivity contribution in [1.29, 1.82) is 0 Å². The number of rotatable bonds is 5. The van der Waals surface area contributed by atoms with Crippen LogP contribution in [0.4, 0.5) is 5.69 Å². The Morgan fingerprint density at radius 1 is 1.16 bits per heavy atom. The van der Waals surface area contributed by atoms with E-state index in [-0.39, 0.29) is 0 Å². The Morgan fingerprint density at radius 3 is 2.64 bits per heavy atom. The van der Waals surface area contributed by atoms with Crippen molar-refractivity contribution in [2.75, 3.05) is 11.9 Å². The molecule has 0 spiro atoms. The molecule has 2 N–H and O–H groups in total. The van der Waals surface area contributed by atoms with Crippen molar-refractivity contribution >= 4 is 22.6 Å². The van der Waals surface area contributed by atoms with Crippen LogP contribution in [0.5, 0.6) is 0 Å². The Bertz CT molecular complexity index is 990. The second kappa shape index (κ2) is 6.81. The first-order chi connectivity index (χ1) is 12.0. The van der Waals surface area contributed by atoms with Crippen molar-refractivity contribution in [3.8, 4) is 11.1 Å². The quantitative estimate of drug-likeness (QED) is 0.690. The Kier molecular flexibility index (Phi) is 4.57. The fourth-order valence-electron chi connectivity index (χ4n) is 2.73. The van der Waals surface area contributed by atoms with E-state index in [4.69, 9.17) is 9.52 Å². The lowest BCUT2D eigenvalue weighted by molar-refractivity contribution is -0.140. The maximum Gasteiger partial charge on any atom is 0.336 e. The minimum absolute atomic E-state index is 0.294. The molecule has 1 unspecified atom stereocenters. The van der Waals surface area contributed by atoms with Gasteiger partial charge in [0.25, 0.3) is 0 Å². The van der Waals surface area contributed by atoms with Gasteiger partial charge in [-0.2, -0.15) is 0 Å². The van der Waals surface area contributed by atoms with Crippen molar-refractivity contribution in [2.24, 2.45) is 5.92 Å². The van der Waals surface area contributed by atoms with Gasteiger partial charge in [-0.15, -0.1) is 0 Å². The van der Waals surface area contributed by atoms with E-state index in [0.29, 0.717) is 17.8 Å². The van der Waals surface area contributed by atoms with E-state index in [9.17, 15) is 9.59 Å². The third kappa shape index (κ3) is 3.55. The minimum Gasteiger partial charge on any atom is -0.481 e. The van der Waals surface area contributed by atoms with Crippen LogP contribution >= 0.6 is 0 Å². The van der Waals surface area contributed by atoms with Gasteiger partial charge in [0.2, 0.25) is 0 Å². The van der Waals surface area contributed by atoms with Crippen LogP contribution in [0, 0.1) is 12.8 Å². The van der Waals surface area contributed by atoms with E-state index < -0.39 is 17.5 Å². The second-order valence-electron chi connectivity index (χ2n) is 6.13. The van der Waals surface area contributed by atoms with Gasteiger partial charge in [0.1, 0.15) is 5.58 Å². The molecule has 1 atom stereocenters. The van der Waals surface area contributed by atoms with Crippen molar-refractivity contribution in [3.63, 3.8) is 0 Å². The van der Waals surface area contributed by atoms with E-state index in [0.717, 1.165) is 22.1 Å². The molecule has 2 aromatic carbocycles. The zero-order valence-electron chi connectivity index (χ0n) is 14.1.